The molecule has 0 spiro atoms. The van der Waals surface area contributed by atoms with E-state index in [0.717, 1.165) is 0 Å². The van der Waals surface area contributed by atoms with Crippen molar-refractivity contribution < 1.29 is 37.4 Å². The van der Waals surface area contributed by atoms with Crippen LogP contribution in [0.1, 0.15) is 41.5 Å². The zero-order chi connectivity index (χ0) is 22.3. The van der Waals surface area contributed by atoms with Gasteiger partial charge in [0, 0.05) is 6.54 Å². The molecule has 0 rings (SSSR count). The van der Waals surface area contributed by atoms with E-state index in [2.05, 4.69) is 10.6 Å². The third-order valence-electron chi connectivity index (χ3n) is 3.21. The third kappa shape index (κ3) is 15.3. The van der Waals surface area contributed by atoms with Crippen molar-refractivity contribution in [1.82, 2.24) is 10.6 Å². The van der Waals surface area contributed by atoms with Crippen LogP contribution in [0.2, 0.25) is 0 Å². The third-order valence-corrected chi connectivity index (χ3v) is 5.24. The number of hydrogen-bond acceptors (Lipinski definition) is 8. The lowest BCUT2D eigenvalue weighted by atomic mass is 10.2. The molecule has 0 aliphatic heterocycles. The van der Waals surface area contributed by atoms with Crippen molar-refractivity contribution in [3.05, 3.63) is 0 Å². The predicted octanol–water partition coefficient (Wildman–Crippen LogP) is 2.32. The van der Waals surface area contributed by atoms with Gasteiger partial charge in [-0.3, -0.25) is 9.36 Å². The maximum Gasteiger partial charge on any atom is 0.408 e. The van der Waals surface area contributed by atoms with Gasteiger partial charge in [0.1, 0.15) is 11.6 Å². The minimum atomic E-state index is -3.08. The molecule has 2 amide bonds. The fourth-order valence-corrected chi connectivity index (χ4v) is 3.48. The zero-order valence-corrected chi connectivity index (χ0v) is 19.3. The Kier molecular flexibility index (Phi) is 14.1. The summed E-state index contributed by atoms with van der Waals surface area (Å²) in [5, 5.41) is 5.12. The second-order valence-electron chi connectivity index (χ2n) is 7.05. The second kappa shape index (κ2) is 14.7. The molecule has 172 valence electrons. The molecule has 0 aromatic rings. The van der Waals surface area contributed by atoms with E-state index < -0.39 is 25.3 Å². The van der Waals surface area contributed by atoms with E-state index in [-0.39, 0.29) is 18.7 Å². The normalized spacial score (nSPS) is 13.0. The maximum atomic E-state index is 12.2. The molecule has 0 aliphatic rings. The van der Waals surface area contributed by atoms with E-state index in [1.54, 1.807) is 41.5 Å². The number of ether oxygens (including phenoxy) is 3. The van der Waals surface area contributed by atoms with Crippen molar-refractivity contribution >= 4 is 19.6 Å². The summed E-state index contributed by atoms with van der Waals surface area (Å²) >= 11 is 0. The van der Waals surface area contributed by atoms with Gasteiger partial charge in [-0.25, -0.2) is 4.79 Å². The predicted molar refractivity (Wildman–Crippen MR) is 109 cm³/mol. The van der Waals surface area contributed by atoms with Gasteiger partial charge in [0.05, 0.1) is 45.8 Å². The van der Waals surface area contributed by atoms with E-state index in [1.807, 2.05) is 0 Å². The summed E-state index contributed by atoms with van der Waals surface area (Å²) in [7, 11) is -3.08. The number of carbonyl (C=O) groups excluding carboxylic acids is 2. The molecule has 0 heterocycles. The Morgan fingerprint density at radius 1 is 0.966 bits per heavy atom. The Labute approximate surface area is 173 Å². The quantitative estimate of drug-likeness (QED) is 0.294. The van der Waals surface area contributed by atoms with E-state index in [4.69, 9.17) is 23.3 Å². The average molecular weight is 440 g/mol. The number of carbonyl (C=O) groups is 2. The first-order valence-corrected chi connectivity index (χ1v) is 11.6. The number of amides is 2. The molecule has 2 N–H and O–H groups in total. The van der Waals surface area contributed by atoms with Crippen LogP contribution in [0.15, 0.2) is 0 Å². The van der Waals surface area contributed by atoms with Gasteiger partial charge in [0.25, 0.3) is 0 Å². The molecule has 1 atom stereocenters. The van der Waals surface area contributed by atoms with Crippen LogP contribution in [0, 0.1) is 0 Å². The smallest absolute Gasteiger partial charge is 0.408 e. The van der Waals surface area contributed by atoms with Gasteiger partial charge in [-0.2, -0.15) is 0 Å². The Morgan fingerprint density at radius 3 is 2.03 bits per heavy atom. The number of alkyl carbamates (subject to hydrolysis) is 1. The minimum Gasteiger partial charge on any atom is -0.444 e. The van der Waals surface area contributed by atoms with Gasteiger partial charge in [-0.1, -0.05) is 0 Å². The summed E-state index contributed by atoms with van der Waals surface area (Å²) < 4.78 is 38.4. The van der Waals surface area contributed by atoms with Crippen LogP contribution in [0.4, 0.5) is 4.79 Å². The van der Waals surface area contributed by atoms with Gasteiger partial charge in [-0.15, -0.1) is 0 Å². The van der Waals surface area contributed by atoms with Crippen molar-refractivity contribution in [2.24, 2.45) is 0 Å². The Hall–Kier alpha value is -1.19. The van der Waals surface area contributed by atoms with Crippen LogP contribution in [-0.2, 0) is 32.6 Å². The van der Waals surface area contributed by atoms with Crippen LogP contribution < -0.4 is 10.6 Å². The standard InChI is InChI=1S/C18H37N2O8P/c1-7-26-29(23,27-8-2)14-13-25-12-11-24-10-9-19-16(21)15(3)20-17(22)28-18(4,5)6/h15H,7-14H2,1-6H3,(H,19,21)(H,20,22)/t15-/m0/s1. The largest absolute Gasteiger partial charge is 0.444 e. The fourth-order valence-electron chi connectivity index (χ4n) is 2.01. The Bertz CT molecular complexity index is 514. The molecule has 10 nitrogen and oxygen atoms in total. The molecule has 0 radical (unpaired) electrons. The minimum absolute atomic E-state index is 0.188. The Balaban J connectivity index is 3.77. The first-order chi connectivity index (χ1) is 13.5. The maximum absolute atomic E-state index is 12.2. The Morgan fingerprint density at radius 2 is 1.52 bits per heavy atom. The second-order valence-corrected chi connectivity index (χ2v) is 9.24. The van der Waals surface area contributed by atoms with Gasteiger partial charge >= 0.3 is 13.7 Å². The summed E-state index contributed by atoms with van der Waals surface area (Å²) in [6.07, 6.45) is -0.459. The summed E-state index contributed by atoms with van der Waals surface area (Å²) in [6.45, 7) is 12.4. The number of hydrogen-bond donors (Lipinski definition) is 2. The molecular weight excluding hydrogens is 403 g/mol. The lowest BCUT2D eigenvalue weighted by Gasteiger charge is -2.21. The fraction of sp³-hybridized carbons (Fsp3) is 0.889. The highest BCUT2D eigenvalue weighted by Crippen LogP contribution is 2.47. The number of rotatable bonds is 15. The summed E-state index contributed by atoms with van der Waals surface area (Å²) in [4.78, 5) is 23.5. The molecule has 0 saturated heterocycles. The molecule has 0 fully saturated rings. The molecule has 0 saturated carbocycles. The number of nitrogens with one attached hydrogen (secondary N) is 2. The highest BCUT2D eigenvalue weighted by Gasteiger charge is 2.23. The molecular formula is C18H37N2O8P. The van der Waals surface area contributed by atoms with Gasteiger partial charge in [0.2, 0.25) is 5.91 Å². The summed E-state index contributed by atoms with van der Waals surface area (Å²) in [6, 6.07) is -0.723. The first-order valence-electron chi connectivity index (χ1n) is 9.83. The molecule has 0 bridgehead atoms. The van der Waals surface area contributed by atoms with Crippen LogP contribution >= 0.6 is 7.60 Å². The molecule has 0 unspecified atom stereocenters. The summed E-state index contributed by atoms with van der Waals surface area (Å²) in [5.74, 6) is -0.335. The SMILES string of the molecule is CCOP(=O)(CCOCCOCCNC(=O)[C@H](C)NC(=O)OC(C)(C)C)OCC. The van der Waals surface area contributed by atoms with Crippen molar-refractivity contribution in [2.75, 3.05) is 52.3 Å². The van der Waals surface area contributed by atoms with Crippen LogP contribution in [-0.4, -0.2) is 76.0 Å². The molecule has 0 aromatic carbocycles. The molecule has 29 heavy (non-hydrogen) atoms. The van der Waals surface area contributed by atoms with Gasteiger partial charge in [-0.05, 0) is 41.5 Å². The summed E-state index contributed by atoms with van der Waals surface area (Å²) in [5.41, 5.74) is -0.626. The van der Waals surface area contributed by atoms with Crippen molar-refractivity contribution in [2.45, 2.75) is 53.2 Å². The van der Waals surface area contributed by atoms with Crippen molar-refractivity contribution in [1.29, 1.82) is 0 Å². The monoisotopic (exact) mass is 440 g/mol. The van der Waals surface area contributed by atoms with Gasteiger partial charge in [0.15, 0.2) is 0 Å². The van der Waals surface area contributed by atoms with Crippen LogP contribution in [0.5, 0.6) is 0 Å². The molecule has 11 heteroatoms. The van der Waals surface area contributed by atoms with Crippen molar-refractivity contribution in [3.63, 3.8) is 0 Å². The van der Waals surface area contributed by atoms with Crippen LogP contribution in [0.25, 0.3) is 0 Å². The highest BCUT2D eigenvalue weighted by molar-refractivity contribution is 7.53. The van der Waals surface area contributed by atoms with Crippen molar-refractivity contribution in [3.8, 4) is 0 Å². The molecule has 0 aliphatic carbocycles. The van der Waals surface area contributed by atoms with E-state index in [9.17, 15) is 14.2 Å². The average Bonchev–Trinajstić information content (AvgIpc) is 2.58. The van der Waals surface area contributed by atoms with E-state index in [0.29, 0.717) is 39.6 Å². The first kappa shape index (κ1) is 27.8. The topological polar surface area (TPSA) is 121 Å². The van der Waals surface area contributed by atoms with Crippen LogP contribution in [0.3, 0.4) is 0 Å². The molecule has 0 aromatic heterocycles. The van der Waals surface area contributed by atoms with Gasteiger partial charge < -0.3 is 33.9 Å². The zero-order valence-electron chi connectivity index (χ0n) is 18.4. The lowest BCUT2D eigenvalue weighted by molar-refractivity contribution is -0.123. The lowest BCUT2D eigenvalue weighted by Crippen LogP contribution is -2.47. The van der Waals surface area contributed by atoms with E-state index >= 15 is 0 Å². The van der Waals surface area contributed by atoms with E-state index in [1.165, 1.54) is 0 Å². The highest BCUT2D eigenvalue weighted by atomic mass is 31.2.